The van der Waals surface area contributed by atoms with Crippen molar-refractivity contribution < 1.29 is 9.21 Å². The van der Waals surface area contributed by atoms with Crippen molar-refractivity contribution >= 4 is 41.0 Å². The number of nitrogens with zero attached hydrogens (tertiary/aromatic N) is 2. The maximum absolute atomic E-state index is 12.0. The van der Waals surface area contributed by atoms with E-state index in [1.54, 1.807) is 59.6 Å². The molecule has 0 aliphatic carbocycles. The highest BCUT2D eigenvalue weighted by atomic mass is 35.5. The van der Waals surface area contributed by atoms with Crippen LogP contribution in [0.5, 0.6) is 0 Å². The highest BCUT2D eigenvalue weighted by Crippen LogP contribution is 2.25. The number of halogens is 2. The Morgan fingerprint density at radius 1 is 1.21 bits per heavy atom. The topological polar surface area (TPSA) is 60.1 Å². The Balaban J connectivity index is 1.72. The monoisotopic (exact) mass is 361 g/mol. The molecule has 1 amide bonds. The van der Waals surface area contributed by atoms with Gasteiger partial charge in [-0.1, -0.05) is 29.3 Å². The van der Waals surface area contributed by atoms with E-state index in [0.29, 0.717) is 28.2 Å². The fourth-order valence-electron chi connectivity index (χ4n) is 2.11. The molecule has 1 N–H and O–H groups in total. The maximum Gasteiger partial charge on any atom is 0.249 e. The summed E-state index contributed by atoms with van der Waals surface area (Å²) >= 11 is 12.4. The number of nitrogens with one attached hydrogen (secondary N) is 1. The van der Waals surface area contributed by atoms with Crippen molar-refractivity contribution in [2.45, 2.75) is 6.54 Å². The van der Waals surface area contributed by atoms with Crippen LogP contribution in [0.1, 0.15) is 11.3 Å². The first-order chi connectivity index (χ1) is 11.6. The second kappa shape index (κ2) is 7.38. The lowest BCUT2D eigenvalue weighted by atomic mass is 10.2. The van der Waals surface area contributed by atoms with Crippen LogP contribution in [-0.2, 0) is 11.3 Å². The van der Waals surface area contributed by atoms with Gasteiger partial charge in [0.25, 0.3) is 0 Å². The molecule has 0 saturated heterocycles. The van der Waals surface area contributed by atoms with Crippen LogP contribution in [0.25, 0.3) is 6.08 Å². The summed E-state index contributed by atoms with van der Waals surface area (Å²) in [5, 5.41) is 8.06. The first-order valence-corrected chi connectivity index (χ1v) is 7.86. The van der Waals surface area contributed by atoms with Gasteiger partial charge in [0.15, 0.2) is 0 Å². The normalized spacial score (nSPS) is 11.1. The number of hydrogen-bond acceptors (Lipinski definition) is 3. The Kier molecular flexibility index (Phi) is 5.03. The third-order valence-electron chi connectivity index (χ3n) is 3.28. The molecule has 0 unspecified atom stereocenters. The Hall–Kier alpha value is -2.50. The average Bonchev–Trinajstić information content (AvgIpc) is 3.21. The molecule has 0 aliphatic rings. The number of carbonyl (C=O) groups excluding carboxylic acids is 1. The van der Waals surface area contributed by atoms with E-state index in [0.717, 1.165) is 5.56 Å². The van der Waals surface area contributed by atoms with E-state index in [9.17, 15) is 4.79 Å². The molecule has 24 heavy (non-hydrogen) atoms. The minimum Gasteiger partial charge on any atom is -0.465 e. The van der Waals surface area contributed by atoms with Crippen LogP contribution in [0.2, 0.25) is 10.0 Å². The molecule has 1 aromatic carbocycles. The molecule has 0 spiro atoms. The molecule has 3 aromatic rings. The standard InChI is InChI=1S/C17H13Cl2N3O2/c18-14-4-1-5-15(19)13(14)11-22-16(8-9-20-22)21-17(23)7-6-12-3-2-10-24-12/h1-10H,11H2,(H,21,23)/b7-6+. The van der Waals surface area contributed by atoms with Crippen molar-refractivity contribution in [3.8, 4) is 0 Å². The predicted octanol–water partition coefficient (Wildman–Crippen LogP) is 4.48. The summed E-state index contributed by atoms with van der Waals surface area (Å²) in [5.41, 5.74) is 0.742. The summed E-state index contributed by atoms with van der Waals surface area (Å²) in [6.45, 7) is 0.350. The summed E-state index contributed by atoms with van der Waals surface area (Å²) in [5.74, 6) is 0.847. The number of anilines is 1. The van der Waals surface area contributed by atoms with Gasteiger partial charge in [-0.15, -0.1) is 0 Å². The SMILES string of the molecule is O=C(/C=C/c1ccco1)Nc1ccnn1Cc1c(Cl)cccc1Cl. The highest BCUT2D eigenvalue weighted by Gasteiger charge is 2.10. The van der Waals surface area contributed by atoms with E-state index in [-0.39, 0.29) is 5.91 Å². The Labute approximate surface area is 148 Å². The van der Waals surface area contributed by atoms with E-state index < -0.39 is 0 Å². The molecule has 0 atom stereocenters. The van der Waals surface area contributed by atoms with Crippen molar-refractivity contribution in [1.82, 2.24) is 9.78 Å². The number of furan rings is 1. The molecule has 0 saturated carbocycles. The lowest BCUT2D eigenvalue weighted by Gasteiger charge is -2.10. The van der Waals surface area contributed by atoms with Gasteiger partial charge >= 0.3 is 0 Å². The lowest BCUT2D eigenvalue weighted by Crippen LogP contribution is -2.14. The zero-order chi connectivity index (χ0) is 16.9. The molecule has 3 rings (SSSR count). The van der Waals surface area contributed by atoms with Crippen LogP contribution in [0.3, 0.4) is 0 Å². The Morgan fingerprint density at radius 2 is 2.00 bits per heavy atom. The predicted molar refractivity (Wildman–Crippen MR) is 94.2 cm³/mol. The second-order valence-electron chi connectivity index (χ2n) is 4.91. The third kappa shape index (κ3) is 3.88. The van der Waals surface area contributed by atoms with Crippen LogP contribution in [0.4, 0.5) is 5.82 Å². The molecule has 2 heterocycles. The average molecular weight is 362 g/mol. The zero-order valence-corrected chi connectivity index (χ0v) is 14.0. The van der Waals surface area contributed by atoms with E-state index in [1.165, 1.54) is 6.08 Å². The lowest BCUT2D eigenvalue weighted by molar-refractivity contribution is -0.111. The number of hydrogen-bond donors (Lipinski definition) is 1. The summed E-state index contributed by atoms with van der Waals surface area (Å²) in [4.78, 5) is 12.0. The van der Waals surface area contributed by atoms with Gasteiger partial charge in [0.1, 0.15) is 11.6 Å². The number of amides is 1. The molecule has 7 heteroatoms. The fourth-order valence-corrected chi connectivity index (χ4v) is 2.63. The summed E-state index contributed by atoms with van der Waals surface area (Å²) < 4.78 is 6.75. The molecule has 2 aromatic heterocycles. The number of benzene rings is 1. The van der Waals surface area contributed by atoms with E-state index >= 15 is 0 Å². The van der Waals surface area contributed by atoms with Gasteiger partial charge in [0.05, 0.1) is 19.0 Å². The van der Waals surface area contributed by atoms with Gasteiger partial charge in [0, 0.05) is 27.8 Å². The van der Waals surface area contributed by atoms with Gasteiger partial charge in [-0.25, -0.2) is 4.68 Å². The van der Waals surface area contributed by atoms with E-state index in [4.69, 9.17) is 27.6 Å². The van der Waals surface area contributed by atoms with E-state index in [1.807, 2.05) is 0 Å². The van der Waals surface area contributed by atoms with Crippen molar-refractivity contribution in [2.75, 3.05) is 5.32 Å². The van der Waals surface area contributed by atoms with Crippen molar-refractivity contribution in [3.63, 3.8) is 0 Å². The molecule has 0 bridgehead atoms. The van der Waals surface area contributed by atoms with Crippen molar-refractivity contribution in [2.24, 2.45) is 0 Å². The minimum absolute atomic E-state index is 0.293. The van der Waals surface area contributed by atoms with Gasteiger partial charge in [0.2, 0.25) is 5.91 Å². The van der Waals surface area contributed by atoms with Crippen LogP contribution < -0.4 is 5.32 Å². The summed E-state index contributed by atoms with van der Waals surface area (Å²) in [6, 6.07) is 10.5. The van der Waals surface area contributed by atoms with Gasteiger partial charge in [-0.2, -0.15) is 5.10 Å². The smallest absolute Gasteiger partial charge is 0.249 e. The van der Waals surface area contributed by atoms with Gasteiger partial charge in [-0.3, -0.25) is 4.79 Å². The summed E-state index contributed by atoms with van der Waals surface area (Å²) in [6.07, 6.45) is 6.11. The molecule has 122 valence electrons. The Bertz CT molecular complexity index is 850. The van der Waals surface area contributed by atoms with Crippen molar-refractivity contribution in [1.29, 1.82) is 0 Å². The van der Waals surface area contributed by atoms with Gasteiger partial charge < -0.3 is 9.73 Å². The third-order valence-corrected chi connectivity index (χ3v) is 3.99. The molecule has 0 radical (unpaired) electrons. The molecule has 0 aliphatic heterocycles. The maximum atomic E-state index is 12.0. The van der Waals surface area contributed by atoms with Crippen LogP contribution in [0.15, 0.2) is 59.4 Å². The molecule has 0 fully saturated rings. The van der Waals surface area contributed by atoms with Crippen LogP contribution >= 0.6 is 23.2 Å². The van der Waals surface area contributed by atoms with Gasteiger partial charge in [-0.05, 0) is 30.3 Å². The molecular formula is C17H13Cl2N3O2. The fraction of sp³-hybridized carbons (Fsp3) is 0.0588. The second-order valence-corrected chi connectivity index (χ2v) is 5.73. The number of rotatable bonds is 5. The molecule has 5 nitrogen and oxygen atoms in total. The number of carbonyl (C=O) groups is 1. The number of aromatic nitrogens is 2. The van der Waals surface area contributed by atoms with Crippen molar-refractivity contribution in [3.05, 3.63) is 76.3 Å². The first-order valence-electron chi connectivity index (χ1n) is 7.11. The zero-order valence-electron chi connectivity index (χ0n) is 12.4. The van der Waals surface area contributed by atoms with Crippen LogP contribution in [0, 0.1) is 0 Å². The largest absolute Gasteiger partial charge is 0.465 e. The Morgan fingerprint density at radius 3 is 2.71 bits per heavy atom. The highest BCUT2D eigenvalue weighted by molar-refractivity contribution is 6.36. The van der Waals surface area contributed by atoms with Crippen LogP contribution in [-0.4, -0.2) is 15.7 Å². The molecular weight excluding hydrogens is 349 g/mol. The first kappa shape index (κ1) is 16.4. The van der Waals surface area contributed by atoms with E-state index in [2.05, 4.69) is 10.4 Å². The minimum atomic E-state index is -0.293. The quantitative estimate of drug-likeness (QED) is 0.681. The summed E-state index contributed by atoms with van der Waals surface area (Å²) in [7, 11) is 0.